The van der Waals surface area contributed by atoms with E-state index in [4.69, 9.17) is 5.26 Å². The molecule has 1 aliphatic rings. The van der Waals surface area contributed by atoms with Crippen LogP contribution in [0.4, 0.5) is 0 Å². The first-order chi connectivity index (χ1) is 7.15. The number of nitriles is 1. The lowest BCUT2D eigenvalue weighted by Gasteiger charge is -2.29. The van der Waals surface area contributed by atoms with E-state index in [0.29, 0.717) is 19.4 Å². The van der Waals surface area contributed by atoms with E-state index in [9.17, 15) is 14.7 Å². The van der Waals surface area contributed by atoms with Gasteiger partial charge < -0.3 is 15.3 Å². The monoisotopic (exact) mass is 211 g/mol. The Morgan fingerprint density at radius 2 is 2.33 bits per heavy atom. The van der Waals surface area contributed by atoms with Gasteiger partial charge in [0.15, 0.2) is 0 Å². The molecule has 0 aromatic heterocycles. The number of nitrogens with zero attached hydrogens (tertiary/aromatic N) is 2. The van der Waals surface area contributed by atoms with Gasteiger partial charge in [-0.1, -0.05) is 0 Å². The van der Waals surface area contributed by atoms with Crippen LogP contribution in [-0.2, 0) is 9.59 Å². The largest absolute Gasteiger partial charge is 0.391 e. The van der Waals surface area contributed by atoms with Crippen LogP contribution in [0.15, 0.2) is 0 Å². The average Bonchev–Trinajstić information content (AvgIpc) is 2.24. The zero-order chi connectivity index (χ0) is 11.3. The lowest BCUT2D eigenvalue weighted by atomic mass is 10.1. The molecule has 0 bridgehead atoms. The van der Waals surface area contributed by atoms with E-state index in [0.717, 1.165) is 0 Å². The maximum atomic E-state index is 11.4. The molecule has 1 fully saturated rings. The molecule has 1 aliphatic heterocycles. The van der Waals surface area contributed by atoms with Crippen LogP contribution in [0.2, 0.25) is 0 Å². The van der Waals surface area contributed by atoms with E-state index >= 15 is 0 Å². The molecular weight excluding hydrogens is 198 g/mol. The van der Waals surface area contributed by atoms with Crippen molar-refractivity contribution in [2.24, 2.45) is 0 Å². The molecule has 2 N–H and O–H groups in total. The van der Waals surface area contributed by atoms with Crippen molar-refractivity contribution in [1.82, 2.24) is 10.2 Å². The number of aliphatic hydroxyl groups is 1. The lowest BCUT2D eigenvalue weighted by molar-refractivity contribution is -0.147. The minimum Gasteiger partial charge on any atom is -0.391 e. The molecule has 82 valence electrons. The van der Waals surface area contributed by atoms with Gasteiger partial charge in [0.25, 0.3) is 0 Å². The molecule has 0 aromatic carbocycles. The average molecular weight is 211 g/mol. The Balaban J connectivity index is 2.45. The van der Waals surface area contributed by atoms with Crippen LogP contribution >= 0.6 is 0 Å². The first kappa shape index (κ1) is 11.5. The van der Waals surface area contributed by atoms with Gasteiger partial charge in [0.2, 0.25) is 0 Å². The van der Waals surface area contributed by atoms with Gasteiger partial charge in [-0.05, 0) is 12.8 Å². The molecule has 0 radical (unpaired) electrons. The molecule has 15 heavy (non-hydrogen) atoms. The van der Waals surface area contributed by atoms with Crippen molar-refractivity contribution in [3.63, 3.8) is 0 Å². The fraction of sp³-hybridized carbons (Fsp3) is 0.667. The van der Waals surface area contributed by atoms with Gasteiger partial charge in [0, 0.05) is 13.1 Å². The summed E-state index contributed by atoms with van der Waals surface area (Å²) in [5.74, 6) is -1.46. The number of hydrogen-bond donors (Lipinski definition) is 2. The summed E-state index contributed by atoms with van der Waals surface area (Å²) in [4.78, 5) is 23.9. The molecule has 6 heteroatoms. The quantitative estimate of drug-likeness (QED) is 0.412. The van der Waals surface area contributed by atoms with Crippen LogP contribution in [0.3, 0.4) is 0 Å². The lowest BCUT2D eigenvalue weighted by Crippen LogP contribution is -2.48. The van der Waals surface area contributed by atoms with E-state index in [1.54, 1.807) is 6.07 Å². The Morgan fingerprint density at radius 3 is 2.93 bits per heavy atom. The molecule has 0 aromatic rings. The minimum absolute atomic E-state index is 0.180. The number of amides is 2. The number of nitrogens with one attached hydrogen (secondary N) is 1. The molecule has 1 unspecified atom stereocenters. The third-order valence-electron chi connectivity index (χ3n) is 2.21. The van der Waals surface area contributed by atoms with Crippen LogP contribution in [0, 0.1) is 11.3 Å². The van der Waals surface area contributed by atoms with Crippen LogP contribution in [0.5, 0.6) is 0 Å². The van der Waals surface area contributed by atoms with E-state index < -0.39 is 17.9 Å². The number of piperidine rings is 1. The van der Waals surface area contributed by atoms with Crippen LogP contribution in [0.1, 0.15) is 12.8 Å². The molecule has 1 heterocycles. The number of hydrogen-bond acceptors (Lipinski definition) is 4. The van der Waals surface area contributed by atoms with E-state index in [1.165, 1.54) is 4.90 Å². The minimum atomic E-state index is -0.786. The summed E-state index contributed by atoms with van der Waals surface area (Å²) in [6.07, 6.45) is 0.800. The first-order valence-corrected chi connectivity index (χ1v) is 4.77. The van der Waals surface area contributed by atoms with Gasteiger partial charge in [-0.15, -0.1) is 0 Å². The Bertz CT molecular complexity index is 297. The molecule has 1 saturated heterocycles. The number of aliphatic hydroxyl groups excluding tert-OH is 1. The SMILES string of the molecule is N#CCNC(=O)C(=O)N1CCCC(O)C1. The first-order valence-electron chi connectivity index (χ1n) is 4.77. The number of rotatable bonds is 1. The topological polar surface area (TPSA) is 93.4 Å². The van der Waals surface area contributed by atoms with Crippen molar-refractivity contribution in [3.05, 3.63) is 0 Å². The zero-order valence-electron chi connectivity index (χ0n) is 8.27. The molecule has 0 saturated carbocycles. The van der Waals surface area contributed by atoms with Gasteiger partial charge in [0.1, 0.15) is 6.54 Å². The molecule has 0 spiro atoms. The highest BCUT2D eigenvalue weighted by Gasteiger charge is 2.26. The second-order valence-corrected chi connectivity index (χ2v) is 3.39. The Hall–Kier alpha value is -1.61. The summed E-state index contributed by atoms with van der Waals surface area (Å²) in [7, 11) is 0. The van der Waals surface area contributed by atoms with Crippen molar-refractivity contribution in [1.29, 1.82) is 5.26 Å². The molecular formula is C9H13N3O3. The van der Waals surface area contributed by atoms with E-state index in [-0.39, 0.29) is 13.1 Å². The van der Waals surface area contributed by atoms with Gasteiger partial charge in [-0.25, -0.2) is 0 Å². The van der Waals surface area contributed by atoms with Crippen molar-refractivity contribution in [3.8, 4) is 6.07 Å². The summed E-state index contributed by atoms with van der Waals surface area (Å²) >= 11 is 0. The van der Waals surface area contributed by atoms with Gasteiger partial charge in [-0.2, -0.15) is 5.26 Å². The van der Waals surface area contributed by atoms with Crippen LogP contribution < -0.4 is 5.32 Å². The Kier molecular flexibility index (Phi) is 4.06. The standard InChI is InChI=1S/C9H13N3O3/c10-3-4-11-8(14)9(15)12-5-1-2-7(13)6-12/h7,13H,1-2,4-6H2,(H,11,14). The molecule has 1 rings (SSSR count). The van der Waals surface area contributed by atoms with Gasteiger partial charge in [-0.3, -0.25) is 9.59 Å². The molecule has 6 nitrogen and oxygen atoms in total. The normalized spacial score (nSPS) is 20.5. The van der Waals surface area contributed by atoms with E-state index in [1.807, 2.05) is 0 Å². The Morgan fingerprint density at radius 1 is 1.60 bits per heavy atom. The predicted octanol–water partition coefficient (Wildman–Crippen LogP) is -1.39. The van der Waals surface area contributed by atoms with Gasteiger partial charge >= 0.3 is 11.8 Å². The van der Waals surface area contributed by atoms with Crippen LogP contribution in [-0.4, -0.2) is 47.6 Å². The predicted molar refractivity (Wildman–Crippen MR) is 50.4 cm³/mol. The maximum absolute atomic E-state index is 11.4. The second-order valence-electron chi connectivity index (χ2n) is 3.39. The molecule has 1 atom stereocenters. The van der Waals surface area contributed by atoms with Crippen molar-refractivity contribution >= 4 is 11.8 Å². The summed E-state index contributed by atoms with van der Waals surface area (Å²) in [5.41, 5.74) is 0. The smallest absolute Gasteiger partial charge is 0.311 e. The molecule has 0 aliphatic carbocycles. The highest BCUT2D eigenvalue weighted by Crippen LogP contribution is 2.09. The summed E-state index contributed by atoms with van der Waals surface area (Å²) in [5, 5.41) is 19.7. The Labute approximate surface area is 87.5 Å². The van der Waals surface area contributed by atoms with Gasteiger partial charge in [0.05, 0.1) is 12.2 Å². The summed E-state index contributed by atoms with van der Waals surface area (Å²) < 4.78 is 0. The third-order valence-corrected chi connectivity index (χ3v) is 2.21. The maximum Gasteiger partial charge on any atom is 0.311 e. The summed E-state index contributed by atoms with van der Waals surface area (Å²) in [6, 6.07) is 1.71. The fourth-order valence-corrected chi connectivity index (χ4v) is 1.48. The summed E-state index contributed by atoms with van der Waals surface area (Å²) in [6.45, 7) is 0.496. The molecule has 2 amide bonds. The number of carbonyl (C=O) groups is 2. The van der Waals surface area contributed by atoms with Crippen molar-refractivity contribution in [2.45, 2.75) is 18.9 Å². The van der Waals surface area contributed by atoms with Crippen molar-refractivity contribution in [2.75, 3.05) is 19.6 Å². The van der Waals surface area contributed by atoms with Crippen LogP contribution in [0.25, 0.3) is 0 Å². The highest BCUT2D eigenvalue weighted by atomic mass is 16.3. The highest BCUT2D eigenvalue weighted by molar-refractivity contribution is 6.35. The second kappa shape index (κ2) is 5.32. The number of carbonyl (C=O) groups excluding carboxylic acids is 2. The zero-order valence-corrected chi connectivity index (χ0v) is 8.27. The fourth-order valence-electron chi connectivity index (χ4n) is 1.48. The number of β-amino-alcohol motifs (C(OH)–C–C–N with tert-alkyl or cyclic N) is 1. The third kappa shape index (κ3) is 3.22. The van der Waals surface area contributed by atoms with E-state index in [2.05, 4.69) is 5.32 Å². The number of likely N-dealkylation sites (tertiary alicyclic amines) is 1. The van der Waals surface area contributed by atoms with Crippen molar-refractivity contribution < 1.29 is 14.7 Å².